The summed E-state index contributed by atoms with van der Waals surface area (Å²) < 4.78 is 11.3. The number of hydrogen-bond acceptors (Lipinski definition) is 5. The van der Waals surface area contributed by atoms with Gasteiger partial charge in [-0.25, -0.2) is 9.59 Å². The first-order valence-corrected chi connectivity index (χ1v) is 6.50. The molecule has 1 aromatic rings. The molecule has 0 N–H and O–H groups in total. The van der Waals surface area contributed by atoms with Crippen molar-refractivity contribution in [3.05, 3.63) is 35.9 Å². The average molecular weight is 293 g/mol. The molecule has 21 heavy (non-hydrogen) atoms. The molecule has 0 fully saturated rings. The number of rotatable bonds is 4. The topological polar surface area (TPSA) is 69.4 Å². The maximum atomic E-state index is 12.0. The third-order valence-electron chi connectivity index (χ3n) is 3.02. The molecule has 0 aromatic carbocycles. The maximum absolute atomic E-state index is 12.0. The lowest BCUT2D eigenvalue weighted by atomic mass is 9.83. The summed E-state index contributed by atoms with van der Waals surface area (Å²) in [6, 6.07) is 0. The molecule has 114 valence electrons. The number of methoxy groups -OCH3 is 2. The van der Waals surface area contributed by atoms with Crippen molar-refractivity contribution >= 4 is 11.9 Å². The molecule has 6 nitrogen and oxygen atoms in total. The van der Waals surface area contributed by atoms with Gasteiger partial charge in [-0.1, -0.05) is 20.8 Å². The molecule has 0 aliphatic rings. The third-order valence-corrected chi connectivity index (χ3v) is 3.02. The Morgan fingerprint density at radius 3 is 1.90 bits per heavy atom. The van der Waals surface area contributed by atoms with E-state index in [4.69, 9.17) is 9.47 Å². The normalized spacial score (nSPS) is 10.7. The Hall–Kier alpha value is -2.24. The molecule has 0 aliphatic carbocycles. The predicted octanol–water partition coefficient (Wildman–Crippen LogP) is 1.06. The van der Waals surface area contributed by atoms with Crippen LogP contribution in [0.4, 0.5) is 0 Å². The van der Waals surface area contributed by atoms with Crippen molar-refractivity contribution in [3.63, 3.8) is 0 Å². The number of esters is 2. The van der Waals surface area contributed by atoms with E-state index >= 15 is 0 Å². The zero-order valence-electron chi connectivity index (χ0n) is 13.0. The van der Waals surface area contributed by atoms with Crippen LogP contribution in [0.1, 0.15) is 20.8 Å². The van der Waals surface area contributed by atoms with E-state index < -0.39 is 17.4 Å². The lowest BCUT2D eigenvalue weighted by molar-refractivity contribution is -0.690. The molecule has 1 heterocycles. The summed E-state index contributed by atoms with van der Waals surface area (Å²) in [5, 5.41) is 0. The van der Waals surface area contributed by atoms with Gasteiger partial charge >= 0.3 is 11.9 Å². The van der Waals surface area contributed by atoms with Crippen LogP contribution >= 0.6 is 0 Å². The van der Waals surface area contributed by atoms with Crippen LogP contribution in [0.5, 0.6) is 0 Å². The first-order valence-electron chi connectivity index (χ1n) is 6.50. The van der Waals surface area contributed by atoms with E-state index in [-0.39, 0.29) is 5.57 Å². The van der Waals surface area contributed by atoms with Crippen molar-refractivity contribution in [2.75, 3.05) is 14.2 Å². The third kappa shape index (κ3) is 4.37. The van der Waals surface area contributed by atoms with E-state index in [1.54, 1.807) is 24.8 Å². The summed E-state index contributed by atoms with van der Waals surface area (Å²) in [6.07, 6.45) is 6.79. The molecule has 0 aliphatic heterocycles. The number of hydrogen-bond donors (Lipinski definition) is 0. The minimum absolute atomic E-state index is 0.0585. The second-order valence-electron chi connectivity index (χ2n) is 5.50. The first kappa shape index (κ1) is 16.8. The van der Waals surface area contributed by atoms with Crippen LogP contribution in [-0.2, 0) is 25.6 Å². The molecule has 0 spiro atoms. The van der Waals surface area contributed by atoms with E-state index in [2.05, 4.69) is 4.98 Å². The second kappa shape index (κ2) is 6.97. The van der Waals surface area contributed by atoms with Crippen LogP contribution in [0.3, 0.4) is 0 Å². The van der Waals surface area contributed by atoms with Crippen molar-refractivity contribution in [1.82, 2.24) is 4.98 Å². The summed E-state index contributed by atoms with van der Waals surface area (Å²) in [5.41, 5.74) is 0.169. The van der Waals surface area contributed by atoms with Crippen LogP contribution in [0.2, 0.25) is 0 Å². The molecular formula is C15H21N2O4+. The van der Waals surface area contributed by atoms with Gasteiger partial charge in [0.05, 0.1) is 26.6 Å². The number of ether oxygens (including phenoxy) is 2. The fourth-order valence-electron chi connectivity index (χ4n) is 1.86. The van der Waals surface area contributed by atoms with Gasteiger partial charge in [-0.3, -0.25) is 4.98 Å². The Bertz CT molecular complexity index is 527. The number of allylic oxidation sites excluding steroid dienone is 1. The quantitative estimate of drug-likeness (QED) is 0.273. The van der Waals surface area contributed by atoms with E-state index in [1.807, 2.05) is 25.3 Å². The van der Waals surface area contributed by atoms with Gasteiger partial charge in [-0.05, 0) is 5.41 Å². The standard InChI is InChI=1S/C15H21N2O4/c1-15(2,3)11(10-17-8-6-16-7-9-17)12(13(18)20-4)14(19)21-5/h6-9H,10H2,1-5H3/q+1. The summed E-state index contributed by atoms with van der Waals surface area (Å²) in [6.45, 7) is 6.15. The van der Waals surface area contributed by atoms with Crippen LogP contribution in [0.25, 0.3) is 0 Å². The zero-order chi connectivity index (χ0) is 16.0. The molecular weight excluding hydrogens is 272 g/mol. The highest BCUT2D eigenvalue weighted by Gasteiger charge is 2.33. The fourth-order valence-corrected chi connectivity index (χ4v) is 1.86. The molecule has 1 aromatic heterocycles. The molecule has 0 bridgehead atoms. The fraction of sp³-hybridized carbons (Fsp3) is 0.467. The van der Waals surface area contributed by atoms with Gasteiger partial charge in [0.15, 0.2) is 24.5 Å². The molecule has 0 amide bonds. The average Bonchev–Trinajstić information content (AvgIpc) is 2.46. The Morgan fingerprint density at radius 2 is 1.52 bits per heavy atom. The molecule has 1 rings (SSSR count). The second-order valence-corrected chi connectivity index (χ2v) is 5.50. The molecule has 0 saturated heterocycles. The number of aromatic nitrogens is 2. The van der Waals surface area contributed by atoms with Gasteiger partial charge in [-0.15, -0.1) is 0 Å². The minimum Gasteiger partial charge on any atom is -0.465 e. The van der Waals surface area contributed by atoms with Crippen LogP contribution in [0, 0.1) is 5.41 Å². The van der Waals surface area contributed by atoms with Crippen molar-refractivity contribution in [1.29, 1.82) is 0 Å². The molecule has 6 heteroatoms. The van der Waals surface area contributed by atoms with Gasteiger partial charge in [-0.2, -0.15) is 4.57 Å². The minimum atomic E-state index is -0.693. The molecule has 0 saturated carbocycles. The van der Waals surface area contributed by atoms with Crippen LogP contribution in [0.15, 0.2) is 35.9 Å². The van der Waals surface area contributed by atoms with Crippen LogP contribution < -0.4 is 4.57 Å². The van der Waals surface area contributed by atoms with E-state index in [0.29, 0.717) is 12.1 Å². The van der Waals surface area contributed by atoms with Gasteiger partial charge in [0.2, 0.25) is 0 Å². The molecule has 0 atom stereocenters. The van der Waals surface area contributed by atoms with E-state index in [0.717, 1.165) is 0 Å². The highest BCUT2D eigenvalue weighted by molar-refractivity contribution is 6.14. The predicted molar refractivity (Wildman–Crippen MR) is 74.9 cm³/mol. The monoisotopic (exact) mass is 293 g/mol. The summed E-state index contributed by atoms with van der Waals surface area (Å²) >= 11 is 0. The maximum Gasteiger partial charge on any atom is 0.345 e. The Labute approximate surface area is 124 Å². The van der Waals surface area contributed by atoms with Crippen molar-refractivity contribution in [3.8, 4) is 0 Å². The summed E-state index contributed by atoms with van der Waals surface area (Å²) in [5.74, 6) is -1.39. The van der Waals surface area contributed by atoms with Gasteiger partial charge < -0.3 is 9.47 Å². The van der Waals surface area contributed by atoms with E-state index in [1.165, 1.54) is 14.2 Å². The largest absolute Gasteiger partial charge is 0.465 e. The van der Waals surface area contributed by atoms with Crippen molar-refractivity contribution < 1.29 is 23.6 Å². The van der Waals surface area contributed by atoms with Gasteiger partial charge in [0.1, 0.15) is 0 Å². The Balaban J connectivity index is 3.41. The zero-order valence-corrected chi connectivity index (χ0v) is 13.0. The number of carbonyl (C=O) groups is 2. The number of nitrogens with zero attached hydrogens (tertiary/aromatic N) is 2. The number of carbonyl (C=O) groups excluding carboxylic acids is 2. The first-order chi connectivity index (χ1) is 9.81. The SMILES string of the molecule is COC(=O)C(C(=O)OC)=C(C[n+]1ccncc1)C(C)(C)C. The van der Waals surface area contributed by atoms with Crippen molar-refractivity contribution in [2.45, 2.75) is 27.3 Å². The van der Waals surface area contributed by atoms with Crippen LogP contribution in [-0.4, -0.2) is 31.1 Å². The molecule has 0 radical (unpaired) electrons. The summed E-state index contributed by atoms with van der Waals surface area (Å²) in [7, 11) is 2.48. The molecule has 0 unspecified atom stereocenters. The lowest BCUT2D eigenvalue weighted by Gasteiger charge is -2.23. The Kier molecular flexibility index (Phi) is 5.58. The summed E-state index contributed by atoms with van der Waals surface area (Å²) in [4.78, 5) is 27.9. The van der Waals surface area contributed by atoms with E-state index in [9.17, 15) is 9.59 Å². The lowest BCUT2D eigenvalue weighted by Crippen LogP contribution is -2.38. The highest BCUT2D eigenvalue weighted by Crippen LogP contribution is 2.29. The van der Waals surface area contributed by atoms with Crippen molar-refractivity contribution in [2.24, 2.45) is 5.41 Å². The Morgan fingerprint density at radius 1 is 1.05 bits per heavy atom. The highest BCUT2D eigenvalue weighted by atomic mass is 16.5. The smallest absolute Gasteiger partial charge is 0.345 e. The van der Waals surface area contributed by atoms with Gasteiger partial charge in [0, 0.05) is 5.57 Å². The van der Waals surface area contributed by atoms with Gasteiger partial charge in [0.25, 0.3) is 0 Å².